The summed E-state index contributed by atoms with van der Waals surface area (Å²) in [5.41, 5.74) is 4.27. The zero-order valence-corrected chi connectivity index (χ0v) is 43.2. The Kier molecular flexibility index (Phi) is 14.0. The van der Waals surface area contributed by atoms with Gasteiger partial charge in [0.15, 0.2) is 11.7 Å². The number of nitrogens with one attached hydrogen (secondary N) is 3. The van der Waals surface area contributed by atoms with E-state index in [0.29, 0.717) is 62.6 Å². The van der Waals surface area contributed by atoms with Crippen LogP contribution < -0.4 is 35.3 Å². The van der Waals surface area contributed by atoms with Gasteiger partial charge in [-0.05, 0) is 125 Å². The highest BCUT2D eigenvalue weighted by molar-refractivity contribution is 6.76. The summed E-state index contributed by atoms with van der Waals surface area (Å²) in [6.45, 7) is 29.7. The molecule has 2 fully saturated rings. The SMILES string of the molecule is CC1C(=O)N(COCC[Si](C)(C)C)N=C2COc3ccc(N[C@@]4(C)CCN(C(=O)OC(C)(C)C)C4)cc3N21.CC1C(=O)NN=C2COc3ccc(N[C@@]4(C)CCN(C(=O)OC(C)(C)C)C4)cc3N21. The summed E-state index contributed by atoms with van der Waals surface area (Å²) in [5, 5.41) is 17.3. The van der Waals surface area contributed by atoms with Crippen LogP contribution in [0.5, 0.6) is 11.5 Å². The number of amidine groups is 2. The first-order valence-corrected chi connectivity index (χ1v) is 27.4. The molecule has 372 valence electrons. The first kappa shape index (κ1) is 50.1. The van der Waals surface area contributed by atoms with E-state index in [9.17, 15) is 19.2 Å². The van der Waals surface area contributed by atoms with Gasteiger partial charge in [-0.15, -0.1) is 0 Å². The Bertz CT molecular complexity index is 2330. The molecule has 6 aliphatic rings. The molecule has 68 heavy (non-hydrogen) atoms. The van der Waals surface area contributed by atoms with Crippen LogP contribution in [0.25, 0.3) is 0 Å². The molecule has 0 aromatic heterocycles. The molecule has 2 saturated heterocycles. The highest BCUT2D eigenvalue weighted by atomic mass is 28.3. The number of anilines is 4. The monoisotopic (exact) mass is 961 g/mol. The van der Waals surface area contributed by atoms with Gasteiger partial charge >= 0.3 is 12.2 Å². The molecule has 0 radical (unpaired) electrons. The number of likely N-dealkylation sites (tertiary alicyclic amines) is 2. The third-order valence-corrected chi connectivity index (χ3v) is 14.1. The standard InChI is InChI=1S/C27H43N5O5Si.C21H29N5O4/c1-19-24(33)31(18-35-13-14-38(6,7)8)29-23-16-36-22-10-9-20(15-21(22)32(19)23)28-27(5)11-12-30(17-27)25(34)37-26(2,3)4;1-13-18(27)24-23-17-11-29-16-7-6-14(10-15(16)26(13)17)22-21(5)8-9-25(12-21)19(28)30-20(2,3)4/h9-10,15,19,28H,11-14,16-18H2,1-8H3;6-7,10,13,22H,8-9,11-12H2,1-5H3,(H,24,27)/t19?,27-;13?,21-/m00/s1. The summed E-state index contributed by atoms with van der Waals surface area (Å²) in [5.74, 6) is 2.52. The lowest BCUT2D eigenvalue weighted by Gasteiger charge is -2.41. The number of nitrogens with zero attached hydrogens (tertiary/aromatic N) is 7. The fraction of sp³-hybridized carbons (Fsp3) is 0.625. The fourth-order valence-electron chi connectivity index (χ4n) is 8.79. The average Bonchev–Trinajstić information content (AvgIpc) is 3.83. The molecule has 2 aromatic carbocycles. The maximum absolute atomic E-state index is 13.2. The van der Waals surface area contributed by atoms with Crippen molar-refractivity contribution < 1.29 is 42.9 Å². The quantitative estimate of drug-likeness (QED) is 0.171. The second-order valence-corrected chi connectivity index (χ2v) is 27.9. The van der Waals surface area contributed by atoms with E-state index in [4.69, 9.17) is 23.7 Å². The summed E-state index contributed by atoms with van der Waals surface area (Å²) in [6.07, 6.45) is 1.01. The van der Waals surface area contributed by atoms with Crippen molar-refractivity contribution in [3.8, 4) is 11.5 Å². The van der Waals surface area contributed by atoms with Crippen LogP contribution in [0.1, 0.15) is 82.1 Å². The van der Waals surface area contributed by atoms with E-state index in [1.165, 1.54) is 5.01 Å². The zero-order chi connectivity index (χ0) is 49.6. The molecular weight excluding hydrogens is 889 g/mol. The van der Waals surface area contributed by atoms with Gasteiger partial charge in [0, 0.05) is 52.2 Å². The van der Waals surface area contributed by atoms with Crippen LogP contribution >= 0.6 is 0 Å². The topological polar surface area (TPSA) is 191 Å². The Morgan fingerprint density at radius 3 is 1.75 bits per heavy atom. The Hall–Kier alpha value is -5.76. The van der Waals surface area contributed by atoms with Crippen LogP contribution in [0.3, 0.4) is 0 Å². The van der Waals surface area contributed by atoms with E-state index in [0.717, 1.165) is 41.6 Å². The van der Waals surface area contributed by atoms with E-state index in [-0.39, 0.29) is 54.5 Å². The molecule has 2 aromatic rings. The fourth-order valence-corrected chi connectivity index (χ4v) is 9.55. The summed E-state index contributed by atoms with van der Waals surface area (Å²) in [4.78, 5) is 57.6. The minimum Gasteiger partial charge on any atom is -0.483 e. The van der Waals surface area contributed by atoms with Crippen LogP contribution in [-0.4, -0.2) is 146 Å². The van der Waals surface area contributed by atoms with Crippen LogP contribution in [0, 0.1) is 0 Å². The molecule has 2 unspecified atom stereocenters. The van der Waals surface area contributed by atoms with Crippen molar-refractivity contribution >= 4 is 66.5 Å². The number of rotatable bonds is 9. The lowest BCUT2D eigenvalue weighted by molar-refractivity contribution is -0.138. The van der Waals surface area contributed by atoms with E-state index in [2.05, 4.69) is 59.8 Å². The number of amides is 4. The number of carbonyl (C=O) groups is 4. The van der Waals surface area contributed by atoms with Crippen LogP contribution in [0.15, 0.2) is 46.6 Å². The van der Waals surface area contributed by atoms with Crippen molar-refractivity contribution in [2.75, 3.05) is 73.2 Å². The summed E-state index contributed by atoms with van der Waals surface area (Å²) < 4.78 is 28.7. The minimum atomic E-state index is -1.21. The van der Waals surface area contributed by atoms with Gasteiger partial charge in [0.2, 0.25) is 0 Å². The predicted octanol–water partition coefficient (Wildman–Crippen LogP) is 7.08. The molecule has 0 spiro atoms. The maximum Gasteiger partial charge on any atom is 0.410 e. The van der Waals surface area contributed by atoms with Crippen LogP contribution in [0.2, 0.25) is 25.7 Å². The van der Waals surface area contributed by atoms with Gasteiger partial charge in [-0.25, -0.2) is 20.0 Å². The third kappa shape index (κ3) is 11.9. The van der Waals surface area contributed by atoms with Crippen molar-refractivity contribution in [3.63, 3.8) is 0 Å². The molecule has 8 rings (SSSR count). The summed E-state index contributed by atoms with van der Waals surface area (Å²) >= 11 is 0. The average molecular weight is 961 g/mol. The minimum absolute atomic E-state index is 0.108. The van der Waals surface area contributed by atoms with Crippen LogP contribution in [0.4, 0.5) is 32.3 Å². The van der Waals surface area contributed by atoms with Gasteiger partial charge in [0.1, 0.15) is 54.7 Å². The van der Waals surface area contributed by atoms with Gasteiger partial charge in [0.05, 0.1) is 22.5 Å². The highest BCUT2D eigenvalue weighted by Crippen LogP contribution is 2.41. The molecule has 3 N–H and O–H groups in total. The van der Waals surface area contributed by atoms with E-state index in [1.807, 2.05) is 102 Å². The number of hydrogen-bond donors (Lipinski definition) is 3. The lowest BCUT2D eigenvalue weighted by Crippen LogP contribution is -2.57. The Labute approximate surface area is 401 Å². The first-order valence-electron chi connectivity index (χ1n) is 23.7. The molecule has 19 nitrogen and oxygen atoms in total. The van der Waals surface area contributed by atoms with Crippen molar-refractivity contribution in [2.45, 2.75) is 142 Å². The summed E-state index contributed by atoms with van der Waals surface area (Å²) in [7, 11) is -1.21. The van der Waals surface area contributed by atoms with E-state index in [1.54, 1.807) is 9.80 Å². The lowest BCUT2D eigenvalue weighted by atomic mass is 10.0. The summed E-state index contributed by atoms with van der Waals surface area (Å²) in [6, 6.07) is 11.9. The molecule has 6 heterocycles. The Morgan fingerprint density at radius 2 is 1.26 bits per heavy atom. The predicted molar refractivity (Wildman–Crippen MR) is 265 cm³/mol. The van der Waals surface area contributed by atoms with Crippen molar-refractivity contribution in [1.29, 1.82) is 0 Å². The number of hydrazone groups is 2. The van der Waals surface area contributed by atoms with Crippen molar-refractivity contribution in [1.82, 2.24) is 20.2 Å². The third-order valence-electron chi connectivity index (χ3n) is 12.4. The van der Waals surface area contributed by atoms with Gasteiger partial charge in [-0.3, -0.25) is 9.59 Å². The second kappa shape index (κ2) is 19.0. The van der Waals surface area contributed by atoms with Crippen molar-refractivity contribution in [2.24, 2.45) is 10.2 Å². The normalized spacial score (nSPS) is 24.4. The van der Waals surface area contributed by atoms with Gasteiger partial charge < -0.3 is 53.9 Å². The molecule has 0 bridgehead atoms. The van der Waals surface area contributed by atoms with Crippen molar-refractivity contribution in [3.05, 3.63) is 36.4 Å². The number of benzene rings is 2. The second-order valence-electron chi connectivity index (χ2n) is 22.3. The molecule has 4 atom stereocenters. The molecule has 20 heteroatoms. The number of carbonyl (C=O) groups excluding carboxylic acids is 4. The smallest absolute Gasteiger partial charge is 0.410 e. The maximum atomic E-state index is 13.2. The number of hydrogen-bond acceptors (Lipinski definition) is 15. The largest absolute Gasteiger partial charge is 0.483 e. The van der Waals surface area contributed by atoms with Gasteiger partial charge in [0.25, 0.3) is 11.8 Å². The molecule has 0 aliphatic carbocycles. The highest BCUT2D eigenvalue weighted by Gasteiger charge is 2.42. The van der Waals surface area contributed by atoms with Crippen LogP contribution in [-0.2, 0) is 23.8 Å². The molecular formula is C48H72N10O9Si. The Balaban J connectivity index is 0.000000207. The Morgan fingerprint density at radius 1 is 0.779 bits per heavy atom. The molecule has 4 amide bonds. The van der Waals surface area contributed by atoms with Gasteiger partial charge in [-0.2, -0.15) is 10.2 Å². The number of ether oxygens (including phenoxy) is 5. The van der Waals surface area contributed by atoms with E-state index < -0.39 is 25.3 Å². The zero-order valence-electron chi connectivity index (χ0n) is 42.2. The van der Waals surface area contributed by atoms with Gasteiger partial charge in [-0.1, -0.05) is 19.6 Å². The molecule has 6 aliphatic heterocycles. The molecule has 0 saturated carbocycles. The number of fused-ring (bicyclic) bond motifs is 6. The van der Waals surface area contributed by atoms with E-state index >= 15 is 0 Å². The first-order chi connectivity index (χ1) is 31.7.